The van der Waals surface area contributed by atoms with Gasteiger partial charge in [0.2, 0.25) is 0 Å². The van der Waals surface area contributed by atoms with E-state index in [1.807, 2.05) is 30.3 Å². The topological polar surface area (TPSA) is 17.1 Å². The van der Waals surface area contributed by atoms with Gasteiger partial charge in [0.05, 0.1) is 0 Å². The number of fused-ring (bicyclic) bond motifs is 3. The van der Waals surface area contributed by atoms with Gasteiger partial charge < -0.3 is 0 Å². The lowest BCUT2D eigenvalue weighted by atomic mass is 9.76. The van der Waals surface area contributed by atoms with Crippen LogP contribution in [0.25, 0.3) is 11.1 Å². The molecule has 30 heavy (non-hydrogen) atoms. The van der Waals surface area contributed by atoms with E-state index in [4.69, 9.17) is 0 Å². The highest BCUT2D eigenvalue weighted by Gasteiger charge is 2.36. The maximum absolute atomic E-state index is 13.3. The highest BCUT2D eigenvalue weighted by Crippen LogP contribution is 2.52. The minimum Gasteiger partial charge on any atom is -0.294 e. The Morgan fingerprint density at radius 1 is 0.700 bits per heavy atom. The normalized spacial score (nSPS) is 13.5. The number of ketones is 1. The number of benzene rings is 4. The predicted molar refractivity (Wildman–Crippen MR) is 123 cm³/mol. The van der Waals surface area contributed by atoms with E-state index in [0.29, 0.717) is 6.42 Å². The molecule has 4 aromatic carbocycles. The quantitative estimate of drug-likeness (QED) is 0.331. The third-order valence-electron chi connectivity index (χ3n) is 6.29. The van der Waals surface area contributed by atoms with E-state index < -0.39 is 0 Å². The van der Waals surface area contributed by atoms with Gasteiger partial charge in [-0.3, -0.25) is 4.79 Å². The molecule has 0 spiro atoms. The molecule has 1 nitrogen and oxygen atoms in total. The second kappa shape index (κ2) is 7.76. The molecule has 146 valence electrons. The number of carbonyl (C=O) groups excluding carboxylic acids is 1. The molecule has 0 aromatic heterocycles. The number of hydrogen-bond donors (Lipinski definition) is 0. The Morgan fingerprint density at radius 3 is 1.83 bits per heavy atom. The van der Waals surface area contributed by atoms with Crippen LogP contribution in [0.4, 0.5) is 0 Å². The first-order valence-electron chi connectivity index (χ1n) is 10.6. The molecule has 1 aliphatic carbocycles. The van der Waals surface area contributed by atoms with Crippen LogP contribution in [0.1, 0.15) is 50.9 Å². The van der Waals surface area contributed by atoms with Crippen molar-refractivity contribution in [2.24, 2.45) is 0 Å². The molecule has 1 heteroatoms. The molecular formula is C29H24O. The van der Waals surface area contributed by atoms with Crippen LogP contribution in [0.2, 0.25) is 0 Å². The van der Waals surface area contributed by atoms with Gasteiger partial charge in [0.25, 0.3) is 0 Å². The van der Waals surface area contributed by atoms with Crippen molar-refractivity contribution < 1.29 is 4.79 Å². The summed E-state index contributed by atoms with van der Waals surface area (Å²) in [6.07, 6.45) is 0.487. The maximum Gasteiger partial charge on any atom is 0.163 e. The fourth-order valence-corrected chi connectivity index (χ4v) is 4.81. The molecule has 0 unspecified atom stereocenters. The molecule has 0 amide bonds. The average molecular weight is 389 g/mol. The van der Waals surface area contributed by atoms with Crippen LogP contribution in [0.5, 0.6) is 0 Å². The summed E-state index contributed by atoms with van der Waals surface area (Å²) in [5.41, 5.74) is 8.48. The summed E-state index contributed by atoms with van der Waals surface area (Å²) in [5.74, 6) is 0.457. The van der Waals surface area contributed by atoms with E-state index in [0.717, 1.165) is 5.56 Å². The van der Waals surface area contributed by atoms with Crippen LogP contribution < -0.4 is 0 Å². The number of rotatable bonds is 5. The maximum atomic E-state index is 13.3. The molecule has 0 saturated heterocycles. The summed E-state index contributed by atoms with van der Waals surface area (Å²) in [7, 11) is 0. The van der Waals surface area contributed by atoms with Gasteiger partial charge in [0.15, 0.2) is 5.78 Å². The number of aryl methyl sites for hydroxylation is 1. The third kappa shape index (κ3) is 3.27. The van der Waals surface area contributed by atoms with Gasteiger partial charge in [-0.2, -0.15) is 0 Å². The summed E-state index contributed by atoms with van der Waals surface area (Å²) >= 11 is 0. The van der Waals surface area contributed by atoms with Crippen molar-refractivity contribution in [3.63, 3.8) is 0 Å². The van der Waals surface area contributed by atoms with Crippen molar-refractivity contribution in [3.8, 4) is 11.1 Å². The molecule has 0 N–H and O–H groups in total. The Bertz CT molecular complexity index is 1140. The molecule has 5 rings (SSSR count). The summed E-state index contributed by atoms with van der Waals surface area (Å²) in [5, 5.41) is 0. The lowest BCUT2D eigenvalue weighted by molar-refractivity contribution is 0.0971. The van der Waals surface area contributed by atoms with Gasteiger partial charge in [-0.05, 0) is 34.7 Å². The van der Waals surface area contributed by atoms with E-state index in [2.05, 4.69) is 79.7 Å². The Morgan fingerprint density at radius 2 is 1.23 bits per heavy atom. The van der Waals surface area contributed by atoms with Crippen LogP contribution in [0.15, 0.2) is 103 Å². The van der Waals surface area contributed by atoms with E-state index >= 15 is 0 Å². The minimum absolute atomic E-state index is 0.0862. The van der Waals surface area contributed by atoms with E-state index in [1.54, 1.807) is 0 Å². The molecule has 0 fully saturated rings. The molecule has 0 heterocycles. The van der Waals surface area contributed by atoms with Gasteiger partial charge in [-0.25, -0.2) is 0 Å². The Balaban J connectivity index is 1.63. The zero-order valence-corrected chi connectivity index (χ0v) is 17.1. The standard InChI is InChI=1S/C29H24O/c1-20-15-17-21(18-16-20)27(19-28(30)22-9-3-2-4-10-22)29-25-13-7-5-11-23(25)24-12-6-8-14-26(24)29/h2-18,27,29H,19H2,1H3/t27-/m1/s1. The average Bonchev–Trinajstić information content (AvgIpc) is 3.13. The predicted octanol–water partition coefficient (Wildman–Crippen LogP) is 7.16. The van der Waals surface area contributed by atoms with Gasteiger partial charge in [-0.15, -0.1) is 0 Å². The first-order valence-corrected chi connectivity index (χ1v) is 10.6. The van der Waals surface area contributed by atoms with Crippen LogP contribution in [-0.2, 0) is 0 Å². The number of Topliss-reactive ketones (excluding diaryl/α,β-unsaturated/α-hetero) is 1. The summed E-state index contributed by atoms with van der Waals surface area (Å²) < 4.78 is 0. The van der Waals surface area contributed by atoms with Crippen LogP contribution in [0.3, 0.4) is 0 Å². The van der Waals surface area contributed by atoms with Crippen molar-refractivity contribution in [1.82, 2.24) is 0 Å². The van der Waals surface area contributed by atoms with Gasteiger partial charge in [-0.1, -0.05) is 109 Å². The fraction of sp³-hybridized carbons (Fsp3) is 0.138. The highest BCUT2D eigenvalue weighted by atomic mass is 16.1. The monoisotopic (exact) mass is 388 g/mol. The van der Waals surface area contributed by atoms with Crippen LogP contribution >= 0.6 is 0 Å². The first-order chi connectivity index (χ1) is 14.7. The van der Waals surface area contributed by atoms with Crippen molar-refractivity contribution in [2.75, 3.05) is 0 Å². The third-order valence-corrected chi connectivity index (χ3v) is 6.29. The lowest BCUT2D eigenvalue weighted by Crippen LogP contribution is -2.15. The molecular weight excluding hydrogens is 364 g/mol. The Kier molecular flexibility index (Phi) is 4.80. The van der Waals surface area contributed by atoms with Crippen molar-refractivity contribution >= 4 is 5.78 Å². The van der Waals surface area contributed by atoms with Gasteiger partial charge in [0.1, 0.15) is 0 Å². The van der Waals surface area contributed by atoms with Crippen LogP contribution in [-0.4, -0.2) is 5.78 Å². The second-order valence-electron chi connectivity index (χ2n) is 8.16. The molecule has 1 atom stereocenters. The first kappa shape index (κ1) is 18.6. The second-order valence-corrected chi connectivity index (χ2v) is 8.16. The molecule has 0 radical (unpaired) electrons. The smallest absolute Gasteiger partial charge is 0.163 e. The number of hydrogen-bond acceptors (Lipinski definition) is 1. The van der Waals surface area contributed by atoms with E-state index in [1.165, 1.54) is 33.4 Å². The SMILES string of the molecule is Cc1ccc([C@@H](CC(=O)c2ccccc2)C2c3ccccc3-c3ccccc32)cc1. The van der Waals surface area contributed by atoms with E-state index in [-0.39, 0.29) is 17.6 Å². The molecule has 0 saturated carbocycles. The van der Waals surface area contributed by atoms with Crippen molar-refractivity contribution in [3.05, 3.63) is 131 Å². The van der Waals surface area contributed by atoms with Crippen molar-refractivity contribution in [1.29, 1.82) is 0 Å². The van der Waals surface area contributed by atoms with Gasteiger partial charge >= 0.3 is 0 Å². The summed E-state index contributed by atoms with van der Waals surface area (Å²) in [4.78, 5) is 13.3. The molecule has 0 aliphatic heterocycles. The molecule has 4 aromatic rings. The lowest BCUT2D eigenvalue weighted by Gasteiger charge is -2.26. The summed E-state index contributed by atoms with van der Waals surface area (Å²) in [6, 6.07) is 35.7. The van der Waals surface area contributed by atoms with Gasteiger partial charge in [0, 0.05) is 23.8 Å². The van der Waals surface area contributed by atoms with E-state index in [9.17, 15) is 4.79 Å². The minimum atomic E-state index is 0.0862. The van der Waals surface area contributed by atoms with Crippen molar-refractivity contribution in [2.45, 2.75) is 25.2 Å². The van der Waals surface area contributed by atoms with Crippen LogP contribution in [0, 0.1) is 6.92 Å². The summed E-state index contributed by atoms with van der Waals surface area (Å²) in [6.45, 7) is 2.11. The largest absolute Gasteiger partial charge is 0.294 e. The Hall–Kier alpha value is -3.45. The number of carbonyl (C=O) groups is 1. The zero-order valence-electron chi connectivity index (χ0n) is 17.1. The fourth-order valence-electron chi connectivity index (χ4n) is 4.81. The zero-order chi connectivity index (χ0) is 20.5. The Labute approximate surface area is 178 Å². The molecule has 0 bridgehead atoms. The molecule has 1 aliphatic rings. The highest BCUT2D eigenvalue weighted by molar-refractivity contribution is 5.97.